The van der Waals surface area contributed by atoms with E-state index in [4.69, 9.17) is 4.74 Å². The van der Waals surface area contributed by atoms with Crippen LogP contribution in [0.3, 0.4) is 0 Å². The second-order valence-corrected chi connectivity index (χ2v) is 5.33. The first-order valence-corrected chi connectivity index (χ1v) is 6.90. The number of hydrogen-bond donors (Lipinski definition) is 1. The normalized spacial score (nSPS) is 12.2. The quantitative estimate of drug-likeness (QED) is 0.913. The van der Waals surface area contributed by atoms with Crippen LogP contribution >= 0.6 is 0 Å². The first kappa shape index (κ1) is 14.6. The molecule has 0 spiro atoms. The van der Waals surface area contributed by atoms with Gasteiger partial charge in [0.2, 0.25) is 0 Å². The van der Waals surface area contributed by atoms with Gasteiger partial charge in [-0.1, -0.05) is 24.3 Å². The van der Waals surface area contributed by atoms with Gasteiger partial charge in [-0.15, -0.1) is 0 Å². The minimum atomic E-state index is -0.487. The van der Waals surface area contributed by atoms with E-state index < -0.39 is 6.10 Å². The van der Waals surface area contributed by atoms with Crippen LogP contribution in [0.1, 0.15) is 33.9 Å². The van der Waals surface area contributed by atoms with E-state index in [0.717, 1.165) is 22.4 Å². The van der Waals surface area contributed by atoms with E-state index in [2.05, 4.69) is 19.1 Å². The van der Waals surface area contributed by atoms with Gasteiger partial charge in [-0.2, -0.15) is 0 Å². The SMILES string of the molecule is COc1c(C)cc(C(O)Cc2ccccc2C)cc1C. The molecular formula is C18H22O2. The molecule has 0 radical (unpaired) electrons. The zero-order valence-corrected chi connectivity index (χ0v) is 12.6. The van der Waals surface area contributed by atoms with Crippen molar-refractivity contribution in [1.82, 2.24) is 0 Å². The molecule has 0 heterocycles. The fourth-order valence-corrected chi connectivity index (χ4v) is 2.66. The molecule has 0 aromatic heterocycles. The third kappa shape index (κ3) is 3.02. The third-order valence-corrected chi connectivity index (χ3v) is 3.75. The Balaban J connectivity index is 2.26. The number of aliphatic hydroxyl groups excluding tert-OH is 1. The van der Waals surface area contributed by atoms with Crippen molar-refractivity contribution in [1.29, 1.82) is 0 Å². The molecule has 1 N–H and O–H groups in total. The van der Waals surface area contributed by atoms with Crippen LogP contribution in [0.5, 0.6) is 5.75 Å². The van der Waals surface area contributed by atoms with Crippen molar-refractivity contribution in [3.8, 4) is 5.75 Å². The summed E-state index contributed by atoms with van der Waals surface area (Å²) in [7, 11) is 1.68. The van der Waals surface area contributed by atoms with Crippen LogP contribution in [0, 0.1) is 20.8 Å². The minimum Gasteiger partial charge on any atom is -0.496 e. The molecule has 0 saturated carbocycles. The lowest BCUT2D eigenvalue weighted by Gasteiger charge is -2.16. The number of ether oxygens (including phenoxy) is 1. The Morgan fingerprint density at radius 3 is 2.15 bits per heavy atom. The molecule has 0 aliphatic rings. The predicted octanol–water partition coefficient (Wildman–Crippen LogP) is 3.90. The highest BCUT2D eigenvalue weighted by atomic mass is 16.5. The van der Waals surface area contributed by atoms with Crippen molar-refractivity contribution in [3.63, 3.8) is 0 Å². The Kier molecular flexibility index (Phi) is 4.46. The highest BCUT2D eigenvalue weighted by molar-refractivity contribution is 5.44. The molecule has 2 heteroatoms. The van der Waals surface area contributed by atoms with Crippen LogP contribution in [0.25, 0.3) is 0 Å². The van der Waals surface area contributed by atoms with Crippen molar-refractivity contribution in [2.75, 3.05) is 7.11 Å². The first-order chi connectivity index (χ1) is 9.52. The predicted molar refractivity (Wildman–Crippen MR) is 82.3 cm³/mol. The summed E-state index contributed by atoms with van der Waals surface area (Å²) in [4.78, 5) is 0. The molecule has 0 bridgehead atoms. The lowest BCUT2D eigenvalue weighted by atomic mass is 9.95. The molecule has 0 aliphatic heterocycles. The topological polar surface area (TPSA) is 29.5 Å². The Labute approximate surface area is 121 Å². The van der Waals surface area contributed by atoms with Crippen molar-refractivity contribution >= 4 is 0 Å². The van der Waals surface area contributed by atoms with Crippen LogP contribution in [-0.4, -0.2) is 12.2 Å². The van der Waals surface area contributed by atoms with Crippen molar-refractivity contribution < 1.29 is 9.84 Å². The minimum absolute atomic E-state index is 0.487. The number of methoxy groups -OCH3 is 1. The molecule has 1 atom stereocenters. The van der Waals surface area contributed by atoms with Crippen LogP contribution in [-0.2, 0) is 6.42 Å². The van der Waals surface area contributed by atoms with Gasteiger partial charge in [-0.25, -0.2) is 0 Å². The molecule has 0 amide bonds. The summed E-state index contributed by atoms with van der Waals surface area (Å²) < 4.78 is 5.37. The average Bonchev–Trinajstić information content (AvgIpc) is 2.41. The van der Waals surface area contributed by atoms with E-state index in [1.165, 1.54) is 11.1 Å². The smallest absolute Gasteiger partial charge is 0.124 e. The number of aryl methyl sites for hydroxylation is 3. The molecule has 2 nitrogen and oxygen atoms in total. The third-order valence-electron chi connectivity index (χ3n) is 3.75. The van der Waals surface area contributed by atoms with E-state index in [0.29, 0.717) is 6.42 Å². The molecule has 1 unspecified atom stereocenters. The van der Waals surface area contributed by atoms with Gasteiger partial charge in [0.1, 0.15) is 5.75 Å². The lowest BCUT2D eigenvalue weighted by Crippen LogP contribution is -2.05. The fraction of sp³-hybridized carbons (Fsp3) is 0.333. The maximum atomic E-state index is 10.5. The largest absolute Gasteiger partial charge is 0.496 e. The monoisotopic (exact) mass is 270 g/mol. The standard InChI is InChI=1S/C18H22O2/c1-12-7-5-6-8-15(12)11-17(19)16-9-13(2)18(20-4)14(3)10-16/h5-10,17,19H,11H2,1-4H3. The summed E-state index contributed by atoms with van der Waals surface area (Å²) in [6.07, 6.45) is 0.150. The van der Waals surface area contributed by atoms with Gasteiger partial charge < -0.3 is 9.84 Å². The Bertz CT molecular complexity index is 579. The van der Waals surface area contributed by atoms with E-state index in [1.54, 1.807) is 7.11 Å². The lowest BCUT2D eigenvalue weighted by molar-refractivity contribution is 0.178. The highest BCUT2D eigenvalue weighted by Crippen LogP contribution is 2.29. The second-order valence-electron chi connectivity index (χ2n) is 5.33. The van der Waals surface area contributed by atoms with Crippen LogP contribution in [0.4, 0.5) is 0 Å². The summed E-state index contributed by atoms with van der Waals surface area (Å²) in [5.41, 5.74) is 5.47. The number of rotatable bonds is 4. The van der Waals surface area contributed by atoms with Gasteiger partial charge in [-0.05, 0) is 60.7 Å². The maximum Gasteiger partial charge on any atom is 0.124 e. The Morgan fingerprint density at radius 1 is 1.00 bits per heavy atom. The summed E-state index contributed by atoms with van der Waals surface area (Å²) in [6.45, 7) is 6.10. The number of hydrogen-bond acceptors (Lipinski definition) is 2. The van der Waals surface area contributed by atoms with E-state index >= 15 is 0 Å². The van der Waals surface area contributed by atoms with Gasteiger partial charge in [-0.3, -0.25) is 0 Å². The Hall–Kier alpha value is -1.80. The van der Waals surface area contributed by atoms with Crippen molar-refractivity contribution in [3.05, 3.63) is 64.2 Å². The molecule has 2 aromatic rings. The highest BCUT2D eigenvalue weighted by Gasteiger charge is 2.13. The second kappa shape index (κ2) is 6.10. The molecule has 0 saturated heterocycles. The summed E-state index contributed by atoms with van der Waals surface area (Å²) >= 11 is 0. The Morgan fingerprint density at radius 2 is 1.60 bits per heavy atom. The van der Waals surface area contributed by atoms with Crippen LogP contribution in [0.15, 0.2) is 36.4 Å². The van der Waals surface area contributed by atoms with Gasteiger partial charge in [0, 0.05) is 6.42 Å². The van der Waals surface area contributed by atoms with Gasteiger partial charge >= 0.3 is 0 Å². The molecule has 2 aromatic carbocycles. The number of aliphatic hydroxyl groups is 1. The molecule has 20 heavy (non-hydrogen) atoms. The van der Waals surface area contributed by atoms with E-state index in [1.807, 2.05) is 38.1 Å². The van der Waals surface area contributed by atoms with Gasteiger partial charge in [0.05, 0.1) is 13.2 Å². The summed E-state index contributed by atoms with van der Waals surface area (Å²) in [6, 6.07) is 12.2. The number of benzene rings is 2. The van der Waals surface area contributed by atoms with E-state index in [-0.39, 0.29) is 0 Å². The molecule has 106 valence electrons. The summed E-state index contributed by atoms with van der Waals surface area (Å²) in [5, 5.41) is 10.5. The van der Waals surface area contributed by atoms with Crippen molar-refractivity contribution in [2.45, 2.75) is 33.3 Å². The summed E-state index contributed by atoms with van der Waals surface area (Å²) in [5.74, 6) is 0.900. The van der Waals surface area contributed by atoms with Gasteiger partial charge in [0.25, 0.3) is 0 Å². The zero-order chi connectivity index (χ0) is 14.7. The van der Waals surface area contributed by atoms with Crippen LogP contribution < -0.4 is 4.74 Å². The molecule has 0 fully saturated rings. The zero-order valence-electron chi connectivity index (χ0n) is 12.6. The molecule has 2 rings (SSSR count). The molecule has 0 aliphatic carbocycles. The first-order valence-electron chi connectivity index (χ1n) is 6.90. The molecular weight excluding hydrogens is 248 g/mol. The van der Waals surface area contributed by atoms with E-state index in [9.17, 15) is 5.11 Å². The average molecular weight is 270 g/mol. The van der Waals surface area contributed by atoms with Crippen molar-refractivity contribution in [2.24, 2.45) is 0 Å². The maximum absolute atomic E-state index is 10.5. The van der Waals surface area contributed by atoms with Gasteiger partial charge in [0.15, 0.2) is 0 Å². The van der Waals surface area contributed by atoms with Crippen LogP contribution in [0.2, 0.25) is 0 Å². The fourth-order valence-electron chi connectivity index (χ4n) is 2.66.